The van der Waals surface area contributed by atoms with Gasteiger partial charge in [0.25, 0.3) is 10.0 Å². The zero-order valence-corrected chi connectivity index (χ0v) is 16.7. The van der Waals surface area contributed by atoms with Crippen molar-refractivity contribution in [1.29, 1.82) is 0 Å². The van der Waals surface area contributed by atoms with E-state index in [4.69, 9.17) is 23.2 Å². The molecule has 2 aromatic carbocycles. The van der Waals surface area contributed by atoms with Crippen molar-refractivity contribution >= 4 is 48.7 Å². The number of hydrogen-bond donors (Lipinski definition) is 1. The number of alkyl halides is 3. The van der Waals surface area contributed by atoms with E-state index < -0.39 is 41.5 Å². The predicted octanol–water partition coefficient (Wildman–Crippen LogP) is 4.61. The highest BCUT2D eigenvalue weighted by Crippen LogP contribution is 2.36. The Morgan fingerprint density at radius 1 is 1.00 bits per heavy atom. The van der Waals surface area contributed by atoms with E-state index in [0.29, 0.717) is 6.07 Å². The zero-order valence-electron chi connectivity index (χ0n) is 13.5. The number of anilines is 1. The van der Waals surface area contributed by atoms with Crippen LogP contribution in [0.4, 0.5) is 18.9 Å². The number of benzene rings is 2. The molecule has 0 aliphatic rings. The second-order valence-corrected chi connectivity index (χ2v) is 10.1. The van der Waals surface area contributed by atoms with Gasteiger partial charge in [0.15, 0.2) is 9.84 Å². The van der Waals surface area contributed by atoms with E-state index in [1.807, 2.05) is 4.72 Å². The quantitative estimate of drug-likeness (QED) is 0.704. The number of nitrogens with one attached hydrogen (secondary N) is 1. The monoisotopic (exact) mass is 461 g/mol. The summed E-state index contributed by atoms with van der Waals surface area (Å²) in [5, 5.41) is -0.631. The molecule has 5 nitrogen and oxygen atoms in total. The van der Waals surface area contributed by atoms with Crippen molar-refractivity contribution in [1.82, 2.24) is 0 Å². The molecule has 0 aliphatic heterocycles. The van der Waals surface area contributed by atoms with Crippen molar-refractivity contribution in [2.45, 2.75) is 22.9 Å². The molecule has 0 saturated carbocycles. The minimum atomic E-state index is -4.87. The van der Waals surface area contributed by atoms with Crippen molar-refractivity contribution in [3.8, 4) is 0 Å². The highest BCUT2D eigenvalue weighted by molar-refractivity contribution is 7.93. The fourth-order valence-corrected chi connectivity index (χ4v) is 4.69. The van der Waals surface area contributed by atoms with Gasteiger partial charge in [0, 0.05) is 5.02 Å². The van der Waals surface area contributed by atoms with Crippen LogP contribution in [0.2, 0.25) is 10.0 Å². The zero-order chi connectivity index (χ0) is 20.6. The van der Waals surface area contributed by atoms with Gasteiger partial charge >= 0.3 is 6.18 Å². The maximum absolute atomic E-state index is 13.0. The van der Waals surface area contributed by atoms with Crippen LogP contribution in [0.15, 0.2) is 46.2 Å². The molecule has 0 radical (unpaired) electrons. The standard InChI is InChI=1S/C15H12Cl2F3NO4S2/c1-2-26(22,23)14-6-3-9(16)7-13(14)21-27(24,25)10-4-5-12(17)11(8-10)15(18,19)20/h3-8,21H,2H2,1H3. The van der Waals surface area contributed by atoms with Crippen LogP contribution in [0, 0.1) is 0 Å². The van der Waals surface area contributed by atoms with Gasteiger partial charge in [0.1, 0.15) is 0 Å². The van der Waals surface area contributed by atoms with Gasteiger partial charge in [-0.05, 0) is 36.4 Å². The maximum atomic E-state index is 13.0. The lowest BCUT2D eigenvalue weighted by atomic mass is 10.2. The van der Waals surface area contributed by atoms with E-state index >= 15 is 0 Å². The Hall–Kier alpha value is -1.49. The van der Waals surface area contributed by atoms with E-state index in [-0.39, 0.29) is 21.4 Å². The van der Waals surface area contributed by atoms with Gasteiger partial charge in [-0.1, -0.05) is 30.1 Å². The van der Waals surface area contributed by atoms with Crippen LogP contribution >= 0.6 is 23.2 Å². The number of rotatable bonds is 5. The van der Waals surface area contributed by atoms with Crippen LogP contribution in [0.25, 0.3) is 0 Å². The first-order chi connectivity index (χ1) is 12.3. The van der Waals surface area contributed by atoms with Gasteiger partial charge in [-0.3, -0.25) is 4.72 Å². The number of sulfone groups is 1. The fourth-order valence-electron chi connectivity index (χ4n) is 2.10. The largest absolute Gasteiger partial charge is 0.417 e. The number of hydrogen-bond acceptors (Lipinski definition) is 4. The molecule has 0 spiro atoms. The van der Waals surface area contributed by atoms with Crippen LogP contribution < -0.4 is 4.72 Å². The predicted molar refractivity (Wildman–Crippen MR) is 96.4 cm³/mol. The van der Waals surface area contributed by atoms with Crippen molar-refractivity contribution in [2.24, 2.45) is 0 Å². The van der Waals surface area contributed by atoms with Crippen LogP contribution in [-0.4, -0.2) is 22.6 Å². The molecule has 0 aromatic heterocycles. The molecule has 0 atom stereocenters. The van der Waals surface area contributed by atoms with Crippen molar-refractivity contribution in [2.75, 3.05) is 10.5 Å². The summed E-state index contributed by atoms with van der Waals surface area (Å²) in [5.74, 6) is -0.317. The molecule has 2 rings (SSSR count). The van der Waals surface area contributed by atoms with Gasteiger partial charge in [0.05, 0.1) is 31.8 Å². The van der Waals surface area contributed by atoms with Crippen molar-refractivity contribution in [3.05, 3.63) is 52.0 Å². The summed E-state index contributed by atoms with van der Waals surface area (Å²) in [6, 6.07) is 5.46. The first-order valence-electron chi connectivity index (χ1n) is 7.20. The van der Waals surface area contributed by atoms with E-state index in [2.05, 4.69) is 0 Å². The summed E-state index contributed by atoms with van der Waals surface area (Å²) in [7, 11) is -8.38. The normalized spacial score (nSPS) is 12.8. The lowest BCUT2D eigenvalue weighted by Crippen LogP contribution is -2.17. The molecule has 0 bridgehead atoms. The Bertz CT molecular complexity index is 1080. The molecule has 0 heterocycles. The van der Waals surface area contributed by atoms with Crippen LogP contribution in [-0.2, 0) is 26.0 Å². The first kappa shape index (κ1) is 21.8. The average Bonchev–Trinajstić information content (AvgIpc) is 2.53. The summed E-state index contributed by atoms with van der Waals surface area (Å²) >= 11 is 11.3. The van der Waals surface area contributed by atoms with E-state index in [9.17, 15) is 30.0 Å². The number of halogens is 5. The summed E-state index contributed by atoms with van der Waals surface area (Å²) in [4.78, 5) is -1.08. The molecule has 0 aliphatic carbocycles. The summed E-state index contributed by atoms with van der Waals surface area (Å²) in [6.45, 7) is 1.36. The highest BCUT2D eigenvalue weighted by atomic mass is 35.5. The third-order valence-corrected chi connectivity index (χ3v) is 7.17. The SMILES string of the molecule is CCS(=O)(=O)c1ccc(Cl)cc1NS(=O)(=O)c1ccc(Cl)c(C(F)(F)F)c1. The Kier molecular flexibility index (Phi) is 6.05. The lowest BCUT2D eigenvalue weighted by Gasteiger charge is -2.15. The molecule has 0 amide bonds. The Morgan fingerprint density at radius 3 is 2.19 bits per heavy atom. The molecular formula is C15H12Cl2F3NO4S2. The topological polar surface area (TPSA) is 80.3 Å². The summed E-state index contributed by atoms with van der Waals surface area (Å²) < 4.78 is 90.2. The molecule has 2 aromatic rings. The van der Waals surface area contributed by atoms with Gasteiger partial charge in [-0.15, -0.1) is 0 Å². The molecule has 1 N–H and O–H groups in total. The lowest BCUT2D eigenvalue weighted by molar-refractivity contribution is -0.137. The second kappa shape index (κ2) is 7.50. The van der Waals surface area contributed by atoms with Gasteiger partial charge < -0.3 is 0 Å². The van der Waals surface area contributed by atoms with Crippen molar-refractivity contribution < 1.29 is 30.0 Å². The molecule has 0 fully saturated rings. The minimum Gasteiger partial charge on any atom is -0.278 e. The van der Waals surface area contributed by atoms with Crippen LogP contribution in [0.1, 0.15) is 12.5 Å². The van der Waals surface area contributed by atoms with Crippen LogP contribution in [0.3, 0.4) is 0 Å². The van der Waals surface area contributed by atoms with Gasteiger partial charge in [-0.2, -0.15) is 13.2 Å². The van der Waals surface area contributed by atoms with Crippen LogP contribution in [0.5, 0.6) is 0 Å². The van der Waals surface area contributed by atoms with E-state index in [1.54, 1.807) is 0 Å². The molecule has 27 heavy (non-hydrogen) atoms. The third-order valence-electron chi connectivity index (χ3n) is 3.45. The fraction of sp³-hybridized carbons (Fsp3) is 0.200. The van der Waals surface area contributed by atoms with Crippen molar-refractivity contribution in [3.63, 3.8) is 0 Å². The summed E-state index contributed by atoms with van der Waals surface area (Å²) in [5.41, 5.74) is -1.70. The Morgan fingerprint density at radius 2 is 1.63 bits per heavy atom. The molecule has 0 saturated heterocycles. The molecule has 12 heteroatoms. The number of sulfonamides is 1. The Labute approximate surface area is 164 Å². The molecule has 148 valence electrons. The van der Waals surface area contributed by atoms with Gasteiger partial charge in [0.2, 0.25) is 0 Å². The minimum absolute atomic E-state index is 0.0369. The van der Waals surface area contributed by atoms with Gasteiger partial charge in [-0.25, -0.2) is 16.8 Å². The second-order valence-electron chi connectivity index (χ2n) is 5.29. The smallest absolute Gasteiger partial charge is 0.278 e. The summed E-state index contributed by atoms with van der Waals surface area (Å²) in [6.07, 6.45) is -4.87. The molecular weight excluding hydrogens is 450 g/mol. The molecule has 0 unspecified atom stereocenters. The highest BCUT2D eigenvalue weighted by Gasteiger charge is 2.34. The third kappa shape index (κ3) is 4.87. The maximum Gasteiger partial charge on any atom is 0.417 e. The first-order valence-corrected chi connectivity index (χ1v) is 11.1. The average molecular weight is 462 g/mol. The van der Waals surface area contributed by atoms with E-state index in [1.165, 1.54) is 13.0 Å². The van der Waals surface area contributed by atoms with E-state index in [0.717, 1.165) is 24.3 Å². The Balaban J connectivity index is 2.57.